The molecule has 13 aromatic rings. The predicted molar refractivity (Wildman–Crippen MR) is 278 cm³/mol. The number of aromatic nitrogens is 2. The van der Waals surface area contributed by atoms with Crippen molar-refractivity contribution < 1.29 is 8.83 Å². The van der Waals surface area contributed by atoms with Gasteiger partial charge in [-0.25, -0.2) is 0 Å². The molecule has 0 unspecified atom stereocenters. The molecule has 0 amide bonds. The van der Waals surface area contributed by atoms with E-state index in [1.807, 2.05) is 0 Å². The van der Waals surface area contributed by atoms with E-state index in [1.54, 1.807) is 0 Å². The van der Waals surface area contributed by atoms with Crippen molar-refractivity contribution in [2.75, 3.05) is 0 Å². The van der Waals surface area contributed by atoms with E-state index in [0.29, 0.717) is 0 Å². The van der Waals surface area contributed by atoms with Gasteiger partial charge in [-0.05, 0) is 83.0 Å². The minimum absolute atomic E-state index is 0.420. The van der Waals surface area contributed by atoms with Crippen LogP contribution in [0.2, 0.25) is 0 Å². The molecule has 13 rings (SSSR count). The molecule has 0 saturated carbocycles. The van der Waals surface area contributed by atoms with Crippen molar-refractivity contribution in [3.05, 3.63) is 193 Å². The molecule has 0 saturated heterocycles. The Bertz CT molecular complexity index is 3870. The van der Waals surface area contributed by atoms with E-state index in [9.17, 15) is 0 Å². The van der Waals surface area contributed by atoms with Gasteiger partial charge in [-0.2, -0.15) is 0 Å². The predicted octanol–water partition coefficient (Wildman–Crippen LogP) is 17.4. The molecular weight excluding hydrogens is 805 g/mol. The third kappa shape index (κ3) is 5.39. The molecule has 4 heteroatoms. The Kier molecular flexibility index (Phi) is 8.39. The minimum Gasteiger partial charge on any atom is -0.454 e. The first-order chi connectivity index (χ1) is 32.3. The number of nitrogens with zero attached hydrogens (tertiary/aromatic N) is 2. The van der Waals surface area contributed by atoms with Crippen LogP contribution in [0.15, 0.2) is 185 Å². The van der Waals surface area contributed by atoms with E-state index in [2.05, 4.69) is 220 Å². The van der Waals surface area contributed by atoms with Gasteiger partial charge in [-0.3, -0.25) is 0 Å². The zero-order valence-electron chi connectivity index (χ0n) is 37.9. The van der Waals surface area contributed by atoms with Gasteiger partial charge >= 0.3 is 0 Å². The van der Waals surface area contributed by atoms with Crippen molar-refractivity contribution >= 4 is 87.5 Å². The van der Waals surface area contributed by atoms with Crippen LogP contribution in [0.3, 0.4) is 0 Å². The summed E-state index contributed by atoms with van der Waals surface area (Å²) in [6.45, 7) is 11.8. The van der Waals surface area contributed by atoms with E-state index >= 15 is 0 Å². The molecule has 4 heterocycles. The molecule has 4 nitrogen and oxygen atoms in total. The van der Waals surface area contributed by atoms with E-state index in [-0.39, 0.29) is 0 Å². The molecule has 0 bridgehead atoms. The quantitative estimate of drug-likeness (QED) is 0.167. The first-order valence-corrected chi connectivity index (χ1v) is 23.4. The van der Waals surface area contributed by atoms with Crippen LogP contribution in [0.5, 0.6) is 0 Å². The summed E-state index contributed by atoms with van der Waals surface area (Å²) < 4.78 is 19.2. The summed E-state index contributed by atoms with van der Waals surface area (Å²) in [7, 11) is 0. The van der Waals surface area contributed by atoms with Gasteiger partial charge in [0.15, 0.2) is 11.2 Å². The van der Waals surface area contributed by atoms with Crippen LogP contribution in [0.4, 0.5) is 0 Å². The Labute approximate surface area is 382 Å². The lowest BCUT2D eigenvalue weighted by Gasteiger charge is -2.33. The summed E-state index contributed by atoms with van der Waals surface area (Å²) in [4.78, 5) is 0. The third-order valence-electron chi connectivity index (χ3n) is 14.2. The summed E-state index contributed by atoms with van der Waals surface area (Å²) >= 11 is 0. The van der Waals surface area contributed by atoms with E-state index in [0.717, 1.165) is 101 Å². The second kappa shape index (κ2) is 14.3. The van der Waals surface area contributed by atoms with Crippen molar-refractivity contribution in [2.24, 2.45) is 0 Å². The highest BCUT2D eigenvalue weighted by molar-refractivity contribution is 6.24. The lowest BCUT2D eigenvalue weighted by atomic mass is 9.78. The number of para-hydroxylation sites is 4. The number of furan rings is 2. The molecule has 0 spiro atoms. The smallest absolute Gasteiger partial charge is 0.160 e. The zero-order valence-corrected chi connectivity index (χ0v) is 37.9. The lowest BCUT2D eigenvalue weighted by Crippen LogP contribution is -2.21. The highest BCUT2D eigenvalue weighted by Gasteiger charge is 2.35. The maximum Gasteiger partial charge on any atom is 0.160 e. The fraction of sp³-hybridized carbons (Fsp3) is 0.129. The summed E-state index contributed by atoms with van der Waals surface area (Å²) in [5, 5.41) is 9.15. The van der Waals surface area contributed by atoms with Gasteiger partial charge in [-0.1, -0.05) is 168 Å². The first kappa shape index (κ1) is 38.6. The van der Waals surface area contributed by atoms with Gasteiger partial charge in [0.25, 0.3) is 0 Å². The molecule has 0 atom stereocenters. The molecule has 0 N–H and O–H groups in total. The van der Waals surface area contributed by atoms with Crippen molar-refractivity contribution in [2.45, 2.75) is 52.9 Å². The van der Waals surface area contributed by atoms with Crippen molar-refractivity contribution in [1.82, 2.24) is 9.13 Å². The normalized spacial score (nSPS) is 12.4. The standard InChI is InChI=1S/C62H48N2O2/c1-6-37-20-8-10-22-39(37)49-36-50(40-23-11-9-21-38(40)7-2)57(64-52-29-17-13-25-42(52)46-33-35-48-44-27-15-19-31-54(44)66-61(48)59(46)64)55(62(3,4)5)56(49)63-51-28-16-12-24-41(51)45-32-34-47-43-26-14-18-30-53(43)65-60(47)58(45)63/h8-36H,6-7H2,1-5H3. The molecule has 66 heavy (non-hydrogen) atoms. The second-order valence-electron chi connectivity index (χ2n) is 18.9. The first-order valence-electron chi connectivity index (χ1n) is 23.4. The van der Waals surface area contributed by atoms with Crippen LogP contribution in [0.1, 0.15) is 51.3 Å². The van der Waals surface area contributed by atoms with Crippen LogP contribution in [-0.2, 0) is 18.3 Å². The monoisotopic (exact) mass is 852 g/mol. The molecule has 0 radical (unpaired) electrons. The van der Waals surface area contributed by atoms with Gasteiger partial charge in [-0.15, -0.1) is 0 Å². The highest BCUT2D eigenvalue weighted by atomic mass is 16.3. The van der Waals surface area contributed by atoms with Gasteiger partial charge < -0.3 is 18.0 Å². The van der Waals surface area contributed by atoms with Crippen molar-refractivity contribution in [3.8, 4) is 33.6 Å². The van der Waals surface area contributed by atoms with Gasteiger partial charge in [0.1, 0.15) is 11.2 Å². The number of benzene rings is 9. The lowest BCUT2D eigenvalue weighted by molar-refractivity contribution is 0.585. The number of aryl methyl sites for hydroxylation is 2. The van der Waals surface area contributed by atoms with Crippen LogP contribution < -0.4 is 0 Å². The summed E-state index contributed by atoms with van der Waals surface area (Å²) in [5.74, 6) is 0. The molecule has 0 fully saturated rings. The molecule has 9 aromatic carbocycles. The fourth-order valence-corrected chi connectivity index (χ4v) is 11.4. The Morgan fingerprint density at radius 2 is 0.758 bits per heavy atom. The molecule has 4 aromatic heterocycles. The maximum atomic E-state index is 7.05. The van der Waals surface area contributed by atoms with Crippen LogP contribution >= 0.6 is 0 Å². The largest absolute Gasteiger partial charge is 0.454 e. The molecule has 0 aliphatic rings. The fourth-order valence-electron chi connectivity index (χ4n) is 11.4. The second-order valence-corrected chi connectivity index (χ2v) is 18.9. The zero-order chi connectivity index (χ0) is 44.4. The van der Waals surface area contributed by atoms with Gasteiger partial charge in [0.05, 0.1) is 33.4 Å². The molecule has 0 aliphatic heterocycles. The highest BCUT2D eigenvalue weighted by Crippen LogP contribution is 2.52. The number of rotatable bonds is 6. The number of hydrogen-bond acceptors (Lipinski definition) is 2. The van der Waals surface area contributed by atoms with Crippen molar-refractivity contribution in [3.63, 3.8) is 0 Å². The Balaban J connectivity index is 1.34. The van der Waals surface area contributed by atoms with E-state index < -0.39 is 5.41 Å². The van der Waals surface area contributed by atoms with Crippen LogP contribution in [0, 0.1) is 0 Å². The molecule has 0 aliphatic carbocycles. The maximum absolute atomic E-state index is 7.05. The third-order valence-corrected chi connectivity index (χ3v) is 14.2. The Hall–Kier alpha value is -7.82. The topological polar surface area (TPSA) is 36.1 Å². The Morgan fingerprint density at radius 3 is 1.20 bits per heavy atom. The van der Waals surface area contributed by atoms with Crippen LogP contribution in [0.25, 0.3) is 121 Å². The molecule has 318 valence electrons. The Morgan fingerprint density at radius 1 is 0.379 bits per heavy atom. The summed E-state index contributed by atoms with van der Waals surface area (Å²) in [5.41, 5.74) is 18.5. The van der Waals surface area contributed by atoms with Crippen LogP contribution in [-0.4, -0.2) is 9.13 Å². The van der Waals surface area contributed by atoms with Gasteiger partial charge in [0, 0.05) is 59.8 Å². The summed E-state index contributed by atoms with van der Waals surface area (Å²) in [6, 6.07) is 64.5. The SMILES string of the molecule is CCc1ccccc1-c1cc(-c2ccccc2CC)c(-n2c3ccccc3c3ccc4c5ccccc5oc4c32)c(C(C)(C)C)c1-n1c2ccccc2c2ccc3c4ccccc4oc3c21. The number of hydrogen-bond donors (Lipinski definition) is 0. The molecular formula is C62H48N2O2. The average molecular weight is 853 g/mol. The minimum atomic E-state index is -0.420. The average Bonchev–Trinajstić information content (AvgIpc) is 4.11. The van der Waals surface area contributed by atoms with E-state index in [4.69, 9.17) is 8.83 Å². The van der Waals surface area contributed by atoms with Crippen molar-refractivity contribution in [1.29, 1.82) is 0 Å². The van der Waals surface area contributed by atoms with Gasteiger partial charge in [0.2, 0.25) is 0 Å². The number of fused-ring (bicyclic) bond motifs is 14. The summed E-state index contributed by atoms with van der Waals surface area (Å²) in [6.07, 6.45) is 1.78. The van der Waals surface area contributed by atoms with E-state index in [1.165, 1.54) is 49.7 Å².